The van der Waals surface area contributed by atoms with Crippen molar-refractivity contribution in [3.8, 4) is 0 Å². The molecule has 0 aromatic rings. The van der Waals surface area contributed by atoms with Gasteiger partial charge in [-0.1, -0.05) is 39.2 Å². The first-order valence-electron chi connectivity index (χ1n) is 5.59. The molecule has 0 spiro atoms. The Hall–Kier alpha value is -0.0400. The molecule has 1 heteroatoms. The Kier molecular flexibility index (Phi) is 5.54. The van der Waals surface area contributed by atoms with Gasteiger partial charge in [-0.05, 0) is 51.9 Å². The molecule has 0 nitrogen and oxygen atoms in total. The van der Waals surface area contributed by atoms with E-state index in [0.717, 1.165) is 5.92 Å². The number of allylic oxidation sites excluding steroid dienone is 4. The van der Waals surface area contributed by atoms with E-state index in [2.05, 4.69) is 41.9 Å². The van der Waals surface area contributed by atoms with E-state index >= 15 is 0 Å². The van der Waals surface area contributed by atoms with Crippen LogP contribution in [0.4, 0.5) is 0 Å². The van der Waals surface area contributed by atoms with Crippen molar-refractivity contribution in [2.24, 2.45) is 5.92 Å². The van der Waals surface area contributed by atoms with E-state index in [1.807, 2.05) is 0 Å². The fourth-order valence-corrected chi connectivity index (χ4v) is 2.44. The number of hydrogen-bond acceptors (Lipinski definition) is 0. The van der Waals surface area contributed by atoms with E-state index in [0.29, 0.717) is 0 Å². The van der Waals surface area contributed by atoms with E-state index in [1.165, 1.54) is 43.0 Å². The SMILES string of the molecule is CC(C)=CCCC1=CCC(CBr)CC1. The zero-order valence-electron chi connectivity index (χ0n) is 9.35. The number of alkyl halides is 1. The molecule has 80 valence electrons. The molecule has 0 saturated heterocycles. The van der Waals surface area contributed by atoms with Crippen LogP contribution in [-0.2, 0) is 0 Å². The van der Waals surface area contributed by atoms with Gasteiger partial charge in [0.15, 0.2) is 0 Å². The summed E-state index contributed by atoms with van der Waals surface area (Å²) in [7, 11) is 0. The van der Waals surface area contributed by atoms with E-state index in [-0.39, 0.29) is 0 Å². The molecule has 1 aliphatic rings. The van der Waals surface area contributed by atoms with Gasteiger partial charge >= 0.3 is 0 Å². The first-order valence-corrected chi connectivity index (χ1v) is 6.71. The highest BCUT2D eigenvalue weighted by molar-refractivity contribution is 9.09. The number of hydrogen-bond donors (Lipinski definition) is 0. The van der Waals surface area contributed by atoms with Gasteiger partial charge in [0.05, 0.1) is 0 Å². The van der Waals surface area contributed by atoms with Crippen molar-refractivity contribution in [1.29, 1.82) is 0 Å². The molecule has 0 heterocycles. The predicted molar refractivity (Wildman–Crippen MR) is 67.9 cm³/mol. The molecule has 0 saturated carbocycles. The molecule has 1 atom stereocenters. The first kappa shape index (κ1) is 12.0. The summed E-state index contributed by atoms with van der Waals surface area (Å²) in [5.74, 6) is 0.891. The third kappa shape index (κ3) is 4.45. The molecular weight excluding hydrogens is 236 g/mol. The smallest absolute Gasteiger partial charge is 0.00627 e. The van der Waals surface area contributed by atoms with E-state index in [4.69, 9.17) is 0 Å². The molecule has 1 aliphatic carbocycles. The minimum absolute atomic E-state index is 0.891. The third-order valence-electron chi connectivity index (χ3n) is 2.85. The summed E-state index contributed by atoms with van der Waals surface area (Å²) < 4.78 is 0. The lowest BCUT2D eigenvalue weighted by atomic mass is 9.89. The van der Waals surface area contributed by atoms with Gasteiger partial charge in [-0.3, -0.25) is 0 Å². The Bertz CT molecular complexity index is 221. The molecule has 0 fully saturated rings. The molecule has 0 aromatic heterocycles. The van der Waals surface area contributed by atoms with E-state index in [9.17, 15) is 0 Å². The summed E-state index contributed by atoms with van der Waals surface area (Å²) in [6.07, 6.45) is 11.3. The summed E-state index contributed by atoms with van der Waals surface area (Å²) >= 11 is 3.56. The second-order valence-electron chi connectivity index (χ2n) is 4.48. The highest BCUT2D eigenvalue weighted by Gasteiger charge is 2.12. The summed E-state index contributed by atoms with van der Waals surface area (Å²) in [5.41, 5.74) is 3.12. The highest BCUT2D eigenvalue weighted by Crippen LogP contribution is 2.27. The van der Waals surface area contributed by atoms with Crippen molar-refractivity contribution in [1.82, 2.24) is 0 Å². The average Bonchev–Trinajstić information content (AvgIpc) is 2.18. The summed E-state index contributed by atoms with van der Waals surface area (Å²) in [4.78, 5) is 0. The Balaban J connectivity index is 2.26. The maximum Gasteiger partial charge on any atom is 0.00627 e. The molecule has 0 radical (unpaired) electrons. The molecule has 0 amide bonds. The lowest BCUT2D eigenvalue weighted by molar-refractivity contribution is 0.517. The van der Waals surface area contributed by atoms with Crippen LogP contribution < -0.4 is 0 Å². The minimum atomic E-state index is 0.891. The van der Waals surface area contributed by atoms with Crippen LogP contribution in [0.15, 0.2) is 23.3 Å². The van der Waals surface area contributed by atoms with Crippen LogP contribution in [0.3, 0.4) is 0 Å². The molecule has 0 aliphatic heterocycles. The van der Waals surface area contributed by atoms with Crippen LogP contribution in [0.25, 0.3) is 0 Å². The van der Waals surface area contributed by atoms with E-state index < -0.39 is 0 Å². The van der Waals surface area contributed by atoms with Crippen molar-refractivity contribution < 1.29 is 0 Å². The van der Waals surface area contributed by atoms with Gasteiger partial charge in [-0.2, -0.15) is 0 Å². The molecule has 1 unspecified atom stereocenters. The van der Waals surface area contributed by atoms with Crippen LogP contribution in [0.2, 0.25) is 0 Å². The predicted octanol–water partition coefficient (Wildman–Crippen LogP) is 4.85. The van der Waals surface area contributed by atoms with Crippen LogP contribution in [0, 0.1) is 5.92 Å². The van der Waals surface area contributed by atoms with Gasteiger partial charge in [0.2, 0.25) is 0 Å². The highest BCUT2D eigenvalue weighted by atomic mass is 79.9. The van der Waals surface area contributed by atoms with Crippen molar-refractivity contribution in [3.05, 3.63) is 23.3 Å². The third-order valence-corrected chi connectivity index (χ3v) is 3.77. The van der Waals surface area contributed by atoms with Crippen LogP contribution in [0.1, 0.15) is 46.0 Å². The maximum atomic E-state index is 3.56. The van der Waals surface area contributed by atoms with Gasteiger partial charge in [0.1, 0.15) is 0 Å². The van der Waals surface area contributed by atoms with Gasteiger partial charge in [-0.15, -0.1) is 0 Å². The standard InChI is InChI=1S/C13H21Br/c1-11(2)4-3-5-12-6-8-13(10-14)9-7-12/h4,6,13H,3,5,7-10H2,1-2H3. The van der Waals surface area contributed by atoms with Gasteiger partial charge < -0.3 is 0 Å². The molecule has 1 rings (SSSR count). The van der Waals surface area contributed by atoms with Crippen molar-refractivity contribution in [2.45, 2.75) is 46.0 Å². The fraction of sp³-hybridized carbons (Fsp3) is 0.692. The quantitative estimate of drug-likeness (QED) is 0.498. The molecule has 0 N–H and O–H groups in total. The molecule has 0 aromatic carbocycles. The van der Waals surface area contributed by atoms with Gasteiger partial charge in [-0.25, -0.2) is 0 Å². The Morgan fingerprint density at radius 3 is 2.86 bits per heavy atom. The lowest BCUT2D eigenvalue weighted by Gasteiger charge is -2.19. The second-order valence-corrected chi connectivity index (χ2v) is 5.12. The lowest BCUT2D eigenvalue weighted by Crippen LogP contribution is -2.06. The molecule has 14 heavy (non-hydrogen) atoms. The number of rotatable bonds is 4. The van der Waals surface area contributed by atoms with E-state index in [1.54, 1.807) is 5.57 Å². The van der Waals surface area contributed by atoms with Gasteiger partial charge in [0.25, 0.3) is 0 Å². The summed E-state index contributed by atoms with van der Waals surface area (Å²) in [5, 5.41) is 1.17. The minimum Gasteiger partial charge on any atom is -0.0925 e. The maximum absolute atomic E-state index is 3.56. The Morgan fingerprint density at radius 1 is 1.57 bits per heavy atom. The average molecular weight is 257 g/mol. The molecule has 0 bridgehead atoms. The van der Waals surface area contributed by atoms with Gasteiger partial charge in [0, 0.05) is 5.33 Å². The van der Waals surface area contributed by atoms with Crippen LogP contribution in [0.5, 0.6) is 0 Å². The van der Waals surface area contributed by atoms with Crippen molar-refractivity contribution in [2.75, 3.05) is 5.33 Å². The topological polar surface area (TPSA) is 0 Å². The molecular formula is C13H21Br. The zero-order chi connectivity index (χ0) is 10.4. The fourth-order valence-electron chi connectivity index (χ4n) is 1.86. The van der Waals surface area contributed by atoms with Crippen molar-refractivity contribution >= 4 is 15.9 Å². The normalized spacial score (nSPS) is 21.6. The van der Waals surface area contributed by atoms with Crippen LogP contribution >= 0.6 is 15.9 Å². The second kappa shape index (κ2) is 6.44. The number of halogens is 1. The Morgan fingerprint density at radius 2 is 2.36 bits per heavy atom. The van der Waals surface area contributed by atoms with Crippen LogP contribution in [-0.4, -0.2) is 5.33 Å². The largest absolute Gasteiger partial charge is 0.0925 e. The first-order chi connectivity index (χ1) is 6.72. The Labute approximate surface area is 96.6 Å². The monoisotopic (exact) mass is 256 g/mol. The summed E-state index contributed by atoms with van der Waals surface area (Å²) in [6.45, 7) is 4.35. The summed E-state index contributed by atoms with van der Waals surface area (Å²) in [6, 6.07) is 0. The van der Waals surface area contributed by atoms with Crippen molar-refractivity contribution in [3.63, 3.8) is 0 Å². The zero-order valence-corrected chi connectivity index (χ0v) is 10.9.